The second-order valence-corrected chi connectivity index (χ2v) is 3.36. The highest BCUT2D eigenvalue weighted by atomic mass is 16.1. The van der Waals surface area contributed by atoms with Gasteiger partial charge in [0.15, 0.2) is 5.78 Å². The van der Waals surface area contributed by atoms with E-state index in [1.54, 1.807) is 13.0 Å². The van der Waals surface area contributed by atoms with Crippen LogP contribution in [-0.2, 0) is 4.79 Å². The molecule has 0 radical (unpaired) electrons. The maximum Gasteiger partial charge on any atom is 0.152 e. The Bertz CT molecular complexity index is 189. The molecule has 0 saturated carbocycles. The lowest BCUT2D eigenvalue weighted by atomic mass is 10.0. The summed E-state index contributed by atoms with van der Waals surface area (Å²) >= 11 is 0. The van der Waals surface area contributed by atoms with E-state index in [1.807, 2.05) is 6.08 Å². The quantitative estimate of drug-likeness (QED) is 0.332. The maximum atomic E-state index is 10.9. The van der Waals surface area contributed by atoms with Gasteiger partial charge in [0.25, 0.3) is 0 Å². The zero-order chi connectivity index (χ0) is 10.1. The van der Waals surface area contributed by atoms with Gasteiger partial charge in [0.2, 0.25) is 0 Å². The third kappa shape index (κ3) is 7.51. The average molecular weight is 180 g/mol. The minimum absolute atomic E-state index is 0.147. The van der Waals surface area contributed by atoms with Crippen LogP contribution < -0.4 is 0 Å². The molecule has 0 heterocycles. The van der Waals surface area contributed by atoms with Crippen LogP contribution in [0.2, 0.25) is 0 Å². The number of carbonyl (C=O) groups excluding carboxylic acids is 1. The summed E-state index contributed by atoms with van der Waals surface area (Å²) in [5.41, 5.74) is 1.22. The van der Waals surface area contributed by atoms with E-state index in [9.17, 15) is 4.79 Å². The van der Waals surface area contributed by atoms with Crippen molar-refractivity contribution in [1.82, 2.24) is 0 Å². The molecule has 1 heteroatoms. The second kappa shape index (κ2) is 7.78. The van der Waals surface area contributed by atoms with Crippen molar-refractivity contribution in [1.29, 1.82) is 0 Å². The first kappa shape index (κ1) is 12.2. The highest BCUT2D eigenvalue weighted by Crippen LogP contribution is 2.12. The molecule has 0 spiro atoms. The van der Waals surface area contributed by atoms with Crippen LogP contribution in [0.15, 0.2) is 24.3 Å². The number of ketones is 1. The van der Waals surface area contributed by atoms with E-state index >= 15 is 0 Å². The van der Waals surface area contributed by atoms with Gasteiger partial charge >= 0.3 is 0 Å². The molecule has 0 fully saturated rings. The molecule has 0 amide bonds. The van der Waals surface area contributed by atoms with Crippen LogP contribution in [0, 0.1) is 0 Å². The Morgan fingerprint density at radius 3 is 2.54 bits per heavy atom. The van der Waals surface area contributed by atoms with Crippen molar-refractivity contribution in [3.05, 3.63) is 24.3 Å². The predicted octanol–water partition coefficient (Wildman–Crippen LogP) is 3.66. The van der Waals surface area contributed by atoms with Crippen LogP contribution in [0.1, 0.15) is 46.0 Å². The van der Waals surface area contributed by atoms with Gasteiger partial charge in [0.1, 0.15) is 0 Å². The molecular formula is C12H20O. The Morgan fingerprint density at radius 2 is 2.08 bits per heavy atom. The molecule has 0 atom stereocenters. The van der Waals surface area contributed by atoms with Crippen molar-refractivity contribution >= 4 is 5.78 Å². The van der Waals surface area contributed by atoms with E-state index in [2.05, 4.69) is 13.5 Å². The largest absolute Gasteiger partial charge is 0.295 e. The molecule has 0 aromatic rings. The summed E-state index contributed by atoms with van der Waals surface area (Å²) in [6.07, 6.45) is 9.15. The fraction of sp³-hybridized carbons (Fsp3) is 0.583. The van der Waals surface area contributed by atoms with Gasteiger partial charge in [-0.3, -0.25) is 4.79 Å². The predicted molar refractivity (Wildman–Crippen MR) is 57.7 cm³/mol. The first-order valence-corrected chi connectivity index (χ1v) is 5.01. The zero-order valence-corrected chi connectivity index (χ0v) is 8.81. The Labute approximate surface area is 81.5 Å². The third-order valence-corrected chi connectivity index (χ3v) is 1.92. The highest BCUT2D eigenvalue weighted by molar-refractivity contribution is 5.87. The molecule has 0 rings (SSSR count). The van der Waals surface area contributed by atoms with Crippen LogP contribution in [0.25, 0.3) is 0 Å². The third-order valence-electron chi connectivity index (χ3n) is 1.92. The average Bonchev–Trinajstić information content (AvgIpc) is 2.04. The molecule has 1 nitrogen and oxygen atoms in total. The van der Waals surface area contributed by atoms with Gasteiger partial charge < -0.3 is 0 Å². The van der Waals surface area contributed by atoms with Crippen LogP contribution >= 0.6 is 0 Å². The van der Waals surface area contributed by atoms with Crippen LogP contribution in [0.5, 0.6) is 0 Å². The molecule has 0 saturated heterocycles. The SMILES string of the molecule is C=CC/C(=C\C(C)=O)CCCCC. The van der Waals surface area contributed by atoms with E-state index in [-0.39, 0.29) is 5.78 Å². The Kier molecular flexibility index (Phi) is 7.27. The standard InChI is InChI=1S/C12H20O/c1-4-6-7-9-12(8-5-2)10-11(3)13/h5,10H,2,4,6-9H2,1,3H3/b12-10+. The molecule has 0 aromatic heterocycles. The smallest absolute Gasteiger partial charge is 0.152 e. The van der Waals surface area contributed by atoms with Gasteiger partial charge in [-0.05, 0) is 32.3 Å². The minimum Gasteiger partial charge on any atom is -0.295 e. The van der Waals surface area contributed by atoms with Crippen LogP contribution in [-0.4, -0.2) is 5.78 Å². The van der Waals surface area contributed by atoms with Crippen molar-refractivity contribution in [2.45, 2.75) is 46.0 Å². The van der Waals surface area contributed by atoms with E-state index in [0.717, 1.165) is 12.8 Å². The molecule has 0 bridgehead atoms. The minimum atomic E-state index is 0.147. The summed E-state index contributed by atoms with van der Waals surface area (Å²) in [6, 6.07) is 0. The van der Waals surface area contributed by atoms with E-state index in [0.29, 0.717) is 0 Å². The highest BCUT2D eigenvalue weighted by Gasteiger charge is 1.96. The number of hydrogen-bond acceptors (Lipinski definition) is 1. The normalized spacial score (nSPS) is 11.4. The summed E-state index contributed by atoms with van der Waals surface area (Å²) in [5.74, 6) is 0.147. The summed E-state index contributed by atoms with van der Waals surface area (Å²) < 4.78 is 0. The Morgan fingerprint density at radius 1 is 1.38 bits per heavy atom. The zero-order valence-electron chi connectivity index (χ0n) is 8.81. The summed E-state index contributed by atoms with van der Waals surface area (Å²) in [5, 5.41) is 0. The number of hydrogen-bond donors (Lipinski definition) is 0. The van der Waals surface area contributed by atoms with Crippen LogP contribution in [0.4, 0.5) is 0 Å². The molecule has 0 aliphatic carbocycles. The Hall–Kier alpha value is -0.850. The van der Waals surface area contributed by atoms with E-state index in [4.69, 9.17) is 0 Å². The molecule has 13 heavy (non-hydrogen) atoms. The number of allylic oxidation sites excluding steroid dienone is 3. The van der Waals surface area contributed by atoms with Gasteiger partial charge in [-0.15, -0.1) is 6.58 Å². The van der Waals surface area contributed by atoms with Crippen molar-refractivity contribution in [3.8, 4) is 0 Å². The lowest BCUT2D eigenvalue weighted by Crippen LogP contribution is -1.89. The van der Waals surface area contributed by atoms with Gasteiger partial charge in [-0.25, -0.2) is 0 Å². The van der Waals surface area contributed by atoms with Gasteiger partial charge in [-0.2, -0.15) is 0 Å². The van der Waals surface area contributed by atoms with Gasteiger partial charge in [-0.1, -0.05) is 31.4 Å². The molecule has 0 N–H and O–H groups in total. The lowest BCUT2D eigenvalue weighted by molar-refractivity contribution is -0.112. The summed E-state index contributed by atoms with van der Waals surface area (Å²) in [6.45, 7) is 7.47. The molecular weight excluding hydrogens is 160 g/mol. The van der Waals surface area contributed by atoms with Crippen molar-refractivity contribution in [2.24, 2.45) is 0 Å². The second-order valence-electron chi connectivity index (χ2n) is 3.36. The van der Waals surface area contributed by atoms with E-state index < -0.39 is 0 Å². The maximum absolute atomic E-state index is 10.9. The van der Waals surface area contributed by atoms with Crippen molar-refractivity contribution in [2.75, 3.05) is 0 Å². The number of unbranched alkanes of at least 4 members (excludes halogenated alkanes) is 2. The lowest BCUT2D eigenvalue weighted by Gasteiger charge is -2.02. The fourth-order valence-electron chi connectivity index (χ4n) is 1.31. The monoisotopic (exact) mass is 180 g/mol. The van der Waals surface area contributed by atoms with Gasteiger partial charge in [0, 0.05) is 0 Å². The number of carbonyl (C=O) groups is 1. The molecule has 0 unspecified atom stereocenters. The summed E-state index contributed by atoms with van der Waals surface area (Å²) in [7, 11) is 0. The van der Waals surface area contributed by atoms with Crippen LogP contribution in [0.3, 0.4) is 0 Å². The molecule has 0 aliphatic rings. The first-order valence-electron chi connectivity index (χ1n) is 5.01. The molecule has 74 valence electrons. The summed E-state index contributed by atoms with van der Waals surface area (Å²) in [4.78, 5) is 10.9. The molecule has 0 aromatic carbocycles. The van der Waals surface area contributed by atoms with Crippen molar-refractivity contribution in [3.63, 3.8) is 0 Å². The topological polar surface area (TPSA) is 17.1 Å². The molecule has 0 aliphatic heterocycles. The number of rotatable bonds is 7. The van der Waals surface area contributed by atoms with E-state index in [1.165, 1.54) is 24.8 Å². The fourth-order valence-corrected chi connectivity index (χ4v) is 1.31. The van der Waals surface area contributed by atoms with Crippen molar-refractivity contribution < 1.29 is 4.79 Å². The van der Waals surface area contributed by atoms with Gasteiger partial charge in [0.05, 0.1) is 0 Å². The first-order chi connectivity index (χ1) is 6.20. The Balaban J connectivity index is 3.94.